The third-order valence-electron chi connectivity index (χ3n) is 6.11. The van der Waals surface area contributed by atoms with Crippen LogP contribution in [0.2, 0.25) is 0 Å². The number of amidine groups is 1. The van der Waals surface area contributed by atoms with Crippen LogP contribution < -0.4 is 0 Å². The van der Waals surface area contributed by atoms with Gasteiger partial charge in [-0.25, -0.2) is 9.98 Å². The van der Waals surface area contributed by atoms with E-state index in [4.69, 9.17) is 4.98 Å². The minimum atomic E-state index is 0.695. The van der Waals surface area contributed by atoms with Crippen molar-refractivity contribution in [3.05, 3.63) is 89.6 Å². The van der Waals surface area contributed by atoms with Gasteiger partial charge in [-0.2, -0.15) is 0 Å². The summed E-state index contributed by atoms with van der Waals surface area (Å²) in [6.07, 6.45) is 18.1. The second kappa shape index (κ2) is 14.2. The number of allylic oxidation sites excluding steroid dienone is 9. The van der Waals surface area contributed by atoms with Gasteiger partial charge in [-0.15, -0.1) is 0 Å². The Balaban J connectivity index is 2.28. The molecule has 0 amide bonds. The predicted molar refractivity (Wildman–Crippen MR) is 154 cm³/mol. The average Bonchev–Trinajstić information content (AvgIpc) is 2.87. The molecule has 1 aromatic heterocycles. The van der Waals surface area contributed by atoms with Gasteiger partial charge in [0.05, 0.1) is 0 Å². The summed E-state index contributed by atoms with van der Waals surface area (Å²) >= 11 is 0. The summed E-state index contributed by atoms with van der Waals surface area (Å²) in [5.74, 6) is 0.695. The molecule has 5 nitrogen and oxygen atoms in total. The van der Waals surface area contributed by atoms with E-state index in [-0.39, 0.29) is 0 Å². The smallest absolute Gasteiger partial charge is 0.125 e. The first-order valence-corrected chi connectivity index (χ1v) is 12.3. The topological polar surface area (TPSA) is 44.1 Å². The lowest BCUT2D eigenvalue weighted by Gasteiger charge is -2.34. The number of hydrogen-bond acceptors (Lipinski definition) is 4. The van der Waals surface area contributed by atoms with Crippen molar-refractivity contribution in [2.45, 2.75) is 41.5 Å². The van der Waals surface area contributed by atoms with Gasteiger partial charge in [0.15, 0.2) is 0 Å². The summed E-state index contributed by atoms with van der Waals surface area (Å²) in [4.78, 5) is 18.3. The van der Waals surface area contributed by atoms with Crippen LogP contribution in [-0.2, 0) is 0 Å². The van der Waals surface area contributed by atoms with Crippen molar-refractivity contribution >= 4 is 23.2 Å². The second-order valence-electron chi connectivity index (χ2n) is 8.58. The van der Waals surface area contributed by atoms with Crippen LogP contribution in [0.15, 0.2) is 82.8 Å². The van der Waals surface area contributed by atoms with Gasteiger partial charge in [-0.05, 0) is 77.5 Å². The fourth-order valence-corrected chi connectivity index (χ4v) is 3.84. The molecule has 0 atom stereocenters. The molecule has 2 rings (SSSR count). The molecule has 0 N–H and O–H groups in total. The Labute approximate surface area is 212 Å². The summed E-state index contributed by atoms with van der Waals surface area (Å²) in [5, 5.41) is 0. The maximum atomic E-state index is 4.70. The van der Waals surface area contributed by atoms with Gasteiger partial charge in [0.25, 0.3) is 0 Å². The summed E-state index contributed by atoms with van der Waals surface area (Å²) in [5.41, 5.74) is 7.26. The number of pyridine rings is 1. The molecule has 0 bridgehead atoms. The number of aromatic nitrogens is 1. The third kappa shape index (κ3) is 8.15. The molecule has 0 aromatic carbocycles. The number of aliphatic imine (C=N–C) groups is 2. The van der Waals surface area contributed by atoms with Crippen molar-refractivity contribution in [2.75, 3.05) is 33.2 Å². The van der Waals surface area contributed by atoms with E-state index in [9.17, 15) is 0 Å². The molecular formula is C30H41N5. The van der Waals surface area contributed by atoms with Crippen LogP contribution in [0.1, 0.15) is 51.4 Å². The quantitative estimate of drug-likeness (QED) is 0.247. The molecule has 1 saturated heterocycles. The molecule has 0 spiro atoms. The Morgan fingerprint density at radius 3 is 2.34 bits per heavy atom. The van der Waals surface area contributed by atoms with Crippen LogP contribution >= 0.6 is 0 Å². The Bertz CT molecular complexity index is 1090. The molecule has 186 valence electrons. The number of piperazine rings is 1. The SMILES string of the molecule is C=C(/C(C=NC(C)=N/C=C\C)=C/C)c1cc(C(/C=C\C(=C/C)N2CCN(C)CC2)=C/C)cnc1C. The highest BCUT2D eigenvalue weighted by Crippen LogP contribution is 2.27. The molecule has 0 saturated carbocycles. The maximum absolute atomic E-state index is 4.70. The summed E-state index contributed by atoms with van der Waals surface area (Å²) in [6, 6.07) is 2.17. The highest BCUT2D eigenvalue weighted by atomic mass is 15.2. The Morgan fingerprint density at radius 2 is 1.74 bits per heavy atom. The highest BCUT2D eigenvalue weighted by molar-refractivity contribution is 6.04. The molecule has 0 radical (unpaired) electrons. The van der Waals surface area contributed by atoms with Gasteiger partial charge in [0.1, 0.15) is 5.84 Å². The number of likely N-dealkylation sites (N-methyl/N-ethyl adjacent to an activating group) is 1. The zero-order chi connectivity index (χ0) is 25.8. The van der Waals surface area contributed by atoms with E-state index in [0.29, 0.717) is 5.84 Å². The number of aryl methyl sites for hydroxylation is 1. The van der Waals surface area contributed by atoms with E-state index < -0.39 is 0 Å². The van der Waals surface area contributed by atoms with E-state index in [2.05, 4.69) is 77.6 Å². The molecule has 1 aliphatic heterocycles. The fourth-order valence-electron chi connectivity index (χ4n) is 3.84. The molecule has 5 heteroatoms. The van der Waals surface area contributed by atoms with E-state index in [0.717, 1.165) is 59.7 Å². The van der Waals surface area contributed by atoms with Gasteiger partial charge in [-0.3, -0.25) is 4.98 Å². The minimum Gasteiger partial charge on any atom is -0.369 e. The van der Waals surface area contributed by atoms with Crippen molar-refractivity contribution < 1.29 is 0 Å². The van der Waals surface area contributed by atoms with Crippen LogP contribution in [0.5, 0.6) is 0 Å². The molecule has 0 aliphatic carbocycles. The molecule has 2 heterocycles. The number of hydrogen-bond donors (Lipinski definition) is 0. The van der Waals surface area contributed by atoms with Crippen LogP contribution in [0.3, 0.4) is 0 Å². The molecule has 35 heavy (non-hydrogen) atoms. The molecule has 1 fully saturated rings. The summed E-state index contributed by atoms with van der Waals surface area (Å²) in [7, 11) is 2.18. The maximum Gasteiger partial charge on any atom is 0.125 e. The van der Waals surface area contributed by atoms with Gasteiger partial charge in [0.2, 0.25) is 0 Å². The Hall–Kier alpha value is -3.31. The molecular weight excluding hydrogens is 430 g/mol. The minimum absolute atomic E-state index is 0.695. The summed E-state index contributed by atoms with van der Waals surface area (Å²) in [6.45, 7) is 20.6. The monoisotopic (exact) mass is 471 g/mol. The van der Waals surface area contributed by atoms with Crippen LogP contribution in [0.4, 0.5) is 0 Å². The van der Waals surface area contributed by atoms with E-state index in [1.807, 2.05) is 52.3 Å². The van der Waals surface area contributed by atoms with Crippen LogP contribution in [0.25, 0.3) is 11.1 Å². The first-order valence-electron chi connectivity index (χ1n) is 12.3. The third-order valence-corrected chi connectivity index (χ3v) is 6.11. The predicted octanol–water partition coefficient (Wildman–Crippen LogP) is 6.48. The zero-order valence-electron chi connectivity index (χ0n) is 22.5. The summed E-state index contributed by atoms with van der Waals surface area (Å²) < 4.78 is 0. The number of rotatable bonds is 8. The van der Waals surface area contributed by atoms with E-state index >= 15 is 0 Å². The van der Waals surface area contributed by atoms with Gasteiger partial charge in [0, 0.05) is 67.3 Å². The van der Waals surface area contributed by atoms with Crippen molar-refractivity contribution in [2.24, 2.45) is 9.98 Å². The first kappa shape index (κ1) is 27.9. The average molecular weight is 472 g/mol. The van der Waals surface area contributed by atoms with Gasteiger partial charge in [-0.1, -0.05) is 37.0 Å². The van der Waals surface area contributed by atoms with Crippen molar-refractivity contribution in [1.82, 2.24) is 14.8 Å². The Kier molecular flexibility index (Phi) is 11.3. The van der Waals surface area contributed by atoms with E-state index in [1.54, 1.807) is 6.20 Å². The standard InChI is InChI=1S/C30H41N5/c1-9-15-31-25(7)33-21-27(11-3)23(5)30-20-28(22-32-24(30)6)26(10-2)13-14-29(12-4)35-18-16-34(8)17-19-35/h9-15,20-22H,5,16-19H2,1-4,6-8H3/b14-13-,15-9-,26-10+,27-11+,29-12+,31-25?,33-21?. The lowest BCUT2D eigenvalue weighted by Crippen LogP contribution is -2.43. The zero-order valence-corrected chi connectivity index (χ0v) is 22.5. The molecule has 1 aromatic rings. The van der Waals surface area contributed by atoms with Crippen molar-refractivity contribution in [3.8, 4) is 0 Å². The first-order chi connectivity index (χ1) is 16.8. The highest BCUT2D eigenvalue weighted by Gasteiger charge is 2.15. The second-order valence-corrected chi connectivity index (χ2v) is 8.58. The van der Waals surface area contributed by atoms with Crippen LogP contribution in [0, 0.1) is 6.92 Å². The van der Waals surface area contributed by atoms with Gasteiger partial charge >= 0.3 is 0 Å². The number of nitrogens with zero attached hydrogens (tertiary/aromatic N) is 5. The lowest BCUT2D eigenvalue weighted by atomic mass is 9.95. The van der Waals surface area contributed by atoms with Crippen LogP contribution in [-0.4, -0.2) is 60.1 Å². The normalized spacial score (nSPS) is 17.4. The Morgan fingerprint density at radius 1 is 1.03 bits per heavy atom. The lowest BCUT2D eigenvalue weighted by molar-refractivity contribution is 0.190. The van der Waals surface area contributed by atoms with Crippen molar-refractivity contribution in [3.63, 3.8) is 0 Å². The largest absolute Gasteiger partial charge is 0.369 e. The fraction of sp³-hybridized carbons (Fsp3) is 0.367. The molecule has 0 unspecified atom stereocenters. The van der Waals surface area contributed by atoms with Crippen molar-refractivity contribution in [1.29, 1.82) is 0 Å². The molecule has 1 aliphatic rings. The van der Waals surface area contributed by atoms with Gasteiger partial charge < -0.3 is 9.80 Å². The van der Waals surface area contributed by atoms with E-state index in [1.165, 1.54) is 5.70 Å².